The summed E-state index contributed by atoms with van der Waals surface area (Å²) in [4.78, 5) is 11.6. The quantitative estimate of drug-likeness (QED) is 0.538. The summed E-state index contributed by atoms with van der Waals surface area (Å²) in [5, 5.41) is 0. The van der Waals surface area contributed by atoms with Crippen LogP contribution in [-0.2, 0) is 19.6 Å². The van der Waals surface area contributed by atoms with E-state index in [1.54, 1.807) is 6.08 Å². The third-order valence-corrected chi connectivity index (χ3v) is 4.90. The van der Waals surface area contributed by atoms with Gasteiger partial charge in [-0.05, 0) is 42.3 Å². The smallest absolute Gasteiger partial charge is 0.306 e. The Hall–Kier alpha value is -2.51. The molecule has 5 nitrogen and oxygen atoms in total. The first kappa shape index (κ1) is 19.8. The largest absolute Gasteiger partial charge is 0.461 e. The first-order valence-corrected chi connectivity index (χ1v) is 9.58. The summed E-state index contributed by atoms with van der Waals surface area (Å²) in [7, 11) is -3.71. The molecule has 0 amide bonds. The molecular formula is C19H20FNO4S. The van der Waals surface area contributed by atoms with Crippen molar-refractivity contribution in [2.45, 2.75) is 17.7 Å². The van der Waals surface area contributed by atoms with Crippen molar-refractivity contribution in [3.63, 3.8) is 0 Å². The van der Waals surface area contributed by atoms with E-state index >= 15 is 0 Å². The van der Waals surface area contributed by atoms with Crippen molar-refractivity contribution >= 4 is 22.1 Å². The molecule has 0 heterocycles. The summed E-state index contributed by atoms with van der Waals surface area (Å²) in [6.45, 7) is 0.254. The van der Waals surface area contributed by atoms with Gasteiger partial charge in [-0.2, -0.15) is 0 Å². The average molecular weight is 377 g/mol. The molecule has 0 unspecified atom stereocenters. The van der Waals surface area contributed by atoms with Crippen LogP contribution in [0.15, 0.2) is 65.6 Å². The lowest BCUT2D eigenvalue weighted by molar-refractivity contribution is -0.142. The Morgan fingerprint density at radius 2 is 1.77 bits per heavy atom. The number of esters is 1. The topological polar surface area (TPSA) is 72.5 Å². The number of ether oxygens (including phenoxy) is 1. The fourth-order valence-electron chi connectivity index (χ4n) is 2.10. The second-order valence-electron chi connectivity index (χ2n) is 5.45. The predicted molar refractivity (Wildman–Crippen MR) is 97.3 cm³/mol. The molecule has 1 N–H and O–H groups in total. The van der Waals surface area contributed by atoms with E-state index in [9.17, 15) is 17.6 Å². The Bertz CT molecular complexity index is 834. The molecule has 7 heteroatoms. The summed E-state index contributed by atoms with van der Waals surface area (Å²) < 4.78 is 44.2. The molecule has 0 spiro atoms. The van der Waals surface area contributed by atoms with Gasteiger partial charge in [-0.25, -0.2) is 17.5 Å². The van der Waals surface area contributed by atoms with Crippen molar-refractivity contribution in [3.05, 3.63) is 72.1 Å². The predicted octanol–water partition coefficient (Wildman–Crippen LogP) is 3.14. The van der Waals surface area contributed by atoms with Crippen LogP contribution in [0.5, 0.6) is 0 Å². The van der Waals surface area contributed by atoms with Crippen LogP contribution < -0.4 is 4.72 Å². The number of nitrogens with one attached hydrogen (secondary N) is 1. The van der Waals surface area contributed by atoms with Crippen molar-refractivity contribution in [2.75, 3.05) is 13.2 Å². The van der Waals surface area contributed by atoms with Gasteiger partial charge in [-0.1, -0.05) is 36.4 Å². The summed E-state index contributed by atoms with van der Waals surface area (Å²) >= 11 is 0. The molecule has 0 aliphatic carbocycles. The van der Waals surface area contributed by atoms with E-state index in [-0.39, 0.29) is 24.5 Å². The van der Waals surface area contributed by atoms with E-state index in [1.807, 2.05) is 36.4 Å². The molecule has 0 fully saturated rings. The fraction of sp³-hybridized carbons (Fsp3) is 0.211. The normalized spacial score (nSPS) is 11.6. The van der Waals surface area contributed by atoms with Gasteiger partial charge in [-0.15, -0.1) is 0 Å². The molecule has 2 aromatic carbocycles. The molecule has 2 rings (SSSR count). The Balaban J connectivity index is 1.65. The van der Waals surface area contributed by atoms with Gasteiger partial charge in [-0.3, -0.25) is 4.79 Å². The van der Waals surface area contributed by atoms with E-state index < -0.39 is 21.8 Å². The van der Waals surface area contributed by atoms with Gasteiger partial charge in [0, 0.05) is 13.0 Å². The van der Waals surface area contributed by atoms with Crippen molar-refractivity contribution in [1.29, 1.82) is 0 Å². The summed E-state index contributed by atoms with van der Waals surface area (Å²) in [5.41, 5.74) is 1.01. The molecule has 0 saturated carbocycles. The molecule has 0 radical (unpaired) electrons. The van der Waals surface area contributed by atoms with Gasteiger partial charge in [0.2, 0.25) is 10.0 Å². The van der Waals surface area contributed by atoms with Crippen LogP contribution in [0.1, 0.15) is 18.4 Å². The third-order valence-electron chi connectivity index (χ3n) is 3.42. The zero-order valence-electron chi connectivity index (χ0n) is 14.1. The van der Waals surface area contributed by atoms with Crippen LogP contribution >= 0.6 is 0 Å². The molecule has 2 aromatic rings. The van der Waals surface area contributed by atoms with Crippen molar-refractivity contribution in [3.8, 4) is 0 Å². The highest BCUT2D eigenvalue weighted by Crippen LogP contribution is 2.09. The standard InChI is InChI=1S/C19H20FNO4S/c20-17-10-12-18(13-11-17)26(23,24)21-14-4-9-19(22)25-15-5-8-16-6-2-1-3-7-16/h1-3,5-8,10-13,21H,4,9,14-15H2/b8-5+. The number of halogens is 1. The number of carbonyl (C=O) groups is 1. The van der Waals surface area contributed by atoms with Crippen molar-refractivity contribution < 1.29 is 22.3 Å². The molecular weight excluding hydrogens is 357 g/mol. The van der Waals surface area contributed by atoms with Gasteiger partial charge in [0.25, 0.3) is 0 Å². The molecule has 0 atom stereocenters. The summed E-state index contributed by atoms with van der Waals surface area (Å²) in [5.74, 6) is -0.906. The van der Waals surface area contributed by atoms with Crippen LogP contribution in [0.4, 0.5) is 4.39 Å². The second kappa shape index (κ2) is 9.84. The number of benzene rings is 2. The molecule has 0 bridgehead atoms. The van der Waals surface area contributed by atoms with Crippen LogP contribution in [0.25, 0.3) is 6.08 Å². The molecule has 0 aromatic heterocycles. The number of sulfonamides is 1. The van der Waals surface area contributed by atoms with E-state index in [0.717, 1.165) is 17.7 Å². The van der Waals surface area contributed by atoms with Gasteiger partial charge in [0.15, 0.2) is 0 Å². The number of rotatable bonds is 9. The lowest BCUT2D eigenvalue weighted by Gasteiger charge is -2.06. The third kappa shape index (κ3) is 6.78. The lowest BCUT2D eigenvalue weighted by atomic mass is 10.2. The van der Waals surface area contributed by atoms with Gasteiger partial charge in [0.1, 0.15) is 12.4 Å². The van der Waals surface area contributed by atoms with E-state index in [0.29, 0.717) is 6.42 Å². The first-order chi connectivity index (χ1) is 12.5. The number of hydrogen-bond acceptors (Lipinski definition) is 4. The van der Waals surface area contributed by atoms with Crippen LogP contribution in [0, 0.1) is 5.82 Å². The minimum Gasteiger partial charge on any atom is -0.461 e. The van der Waals surface area contributed by atoms with E-state index in [2.05, 4.69) is 4.72 Å². The Morgan fingerprint density at radius 3 is 2.46 bits per heavy atom. The highest BCUT2D eigenvalue weighted by molar-refractivity contribution is 7.89. The van der Waals surface area contributed by atoms with Gasteiger partial charge in [0.05, 0.1) is 4.90 Å². The van der Waals surface area contributed by atoms with Crippen LogP contribution in [0.3, 0.4) is 0 Å². The van der Waals surface area contributed by atoms with E-state index in [4.69, 9.17) is 4.74 Å². The van der Waals surface area contributed by atoms with Crippen LogP contribution in [-0.4, -0.2) is 27.5 Å². The van der Waals surface area contributed by atoms with Gasteiger partial charge >= 0.3 is 5.97 Å². The molecule has 0 aliphatic heterocycles. The SMILES string of the molecule is O=C(CCCNS(=O)(=O)c1ccc(F)cc1)OC/C=C/c1ccccc1. The molecule has 138 valence electrons. The highest BCUT2D eigenvalue weighted by Gasteiger charge is 2.13. The molecule has 0 saturated heterocycles. The monoisotopic (exact) mass is 377 g/mol. The average Bonchev–Trinajstić information content (AvgIpc) is 2.64. The number of carbonyl (C=O) groups excluding carboxylic acids is 1. The molecule has 0 aliphatic rings. The first-order valence-electron chi connectivity index (χ1n) is 8.10. The highest BCUT2D eigenvalue weighted by atomic mass is 32.2. The summed E-state index contributed by atoms with van der Waals surface area (Å²) in [6, 6.07) is 14.1. The number of hydrogen-bond donors (Lipinski definition) is 1. The minimum atomic E-state index is -3.71. The maximum absolute atomic E-state index is 12.8. The minimum absolute atomic E-state index is 0.0208. The van der Waals surface area contributed by atoms with E-state index in [1.165, 1.54) is 12.1 Å². The summed E-state index contributed by atoms with van der Waals surface area (Å²) in [6.07, 6.45) is 4.00. The Kier molecular flexibility index (Phi) is 7.50. The zero-order valence-corrected chi connectivity index (χ0v) is 14.9. The van der Waals surface area contributed by atoms with Crippen molar-refractivity contribution in [2.24, 2.45) is 0 Å². The molecule has 26 heavy (non-hydrogen) atoms. The maximum Gasteiger partial charge on any atom is 0.306 e. The zero-order chi connectivity index (χ0) is 18.8. The Morgan fingerprint density at radius 1 is 1.08 bits per heavy atom. The van der Waals surface area contributed by atoms with Crippen molar-refractivity contribution in [1.82, 2.24) is 4.72 Å². The fourth-order valence-corrected chi connectivity index (χ4v) is 3.17. The van der Waals surface area contributed by atoms with Gasteiger partial charge < -0.3 is 4.74 Å². The maximum atomic E-state index is 12.8. The second-order valence-corrected chi connectivity index (χ2v) is 7.22. The van der Waals surface area contributed by atoms with Crippen LogP contribution in [0.2, 0.25) is 0 Å². The lowest BCUT2D eigenvalue weighted by Crippen LogP contribution is -2.25. The Labute approximate surface area is 152 Å².